The fourth-order valence-electron chi connectivity index (χ4n) is 2.25. The van der Waals surface area contributed by atoms with Crippen molar-refractivity contribution in [3.63, 3.8) is 0 Å². The van der Waals surface area contributed by atoms with Crippen molar-refractivity contribution in [3.8, 4) is 0 Å². The van der Waals surface area contributed by atoms with Gasteiger partial charge in [0, 0.05) is 12.5 Å². The summed E-state index contributed by atoms with van der Waals surface area (Å²) in [5, 5.41) is 9.14. The molecular weight excluding hydrogens is 180 g/mol. The number of carbonyl (C=O) groups is 1. The van der Waals surface area contributed by atoms with Crippen molar-refractivity contribution < 1.29 is 9.90 Å². The van der Waals surface area contributed by atoms with Gasteiger partial charge in [0.15, 0.2) is 0 Å². The Balaban J connectivity index is 2.72. The Labute approximate surface area is 85.1 Å². The van der Waals surface area contributed by atoms with Crippen LogP contribution in [0.4, 0.5) is 0 Å². The molecule has 1 saturated carbocycles. The molecule has 0 aliphatic heterocycles. The maximum Gasteiger partial charge on any atom is 0.324 e. The van der Waals surface area contributed by atoms with Crippen LogP contribution in [0.1, 0.15) is 25.7 Å². The Bertz CT molecular complexity index is 218. The average molecular weight is 200 g/mol. The molecule has 4 nitrogen and oxygen atoms in total. The molecule has 1 aliphatic rings. The van der Waals surface area contributed by atoms with Gasteiger partial charge in [0.05, 0.1) is 0 Å². The van der Waals surface area contributed by atoms with E-state index >= 15 is 0 Å². The molecule has 0 bridgehead atoms. The summed E-state index contributed by atoms with van der Waals surface area (Å²) in [5.74, 6) is -0.757. The van der Waals surface area contributed by atoms with Gasteiger partial charge < -0.3 is 15.7 Å². The number of hydrogen-bond donors (Lipinski definition) is 2. The Morgan fingerprint density at radius 2 is 2.21 bits per heavy atom. The van der Waals surface area contributed by atoms with Gasteiger partial charge in [0.25, 0.3) is 0 Å². The van der Waals surface area contributed by atoms with Crippen molar-refractivity contribution in [2.24, 2.45) is 11.7 Å². The number of nitrogens with zero attached hydrogens (tertiary/aromatic N) is 1. The molecule has 14 heavy (non-hydrogen) atoms. The zero-order valence-corrected chi connectivity index (χ0v) is 8.99. The number of aliphatic carboxylic acids is 1. The lowest BCUT2D eigenvalue weighted by Crippen LogP contribution is -2.58. The second kappa shape index (κ2) is 4.28. The highest BCUT2D eigenvalue weighted by Crippen LogP contribution is 2.32. The molecule has 2 atom stereocenters. The van der Waals surface area contributed by atoms with E-state index in [-0.39, 0.29) is 5.92 Å². The highest BCUT2D eigenvalue weighted by Gasteiger charge is 2.43. The molecule has 0 amide bonds. The van der Waals surface area contributed by atoms with Crippen molar-refractivity contribution in [1.29, 1.82) is 0 Å². The van der Waals surface area contributed by atoms with E-state index in [1.165, 1.54) is 0 Å². The predicted octanol–water partition coefficient (Wildman–Crippen LogP) is 0.520. The normalized spacial score (nSPS) is 33.3. The molecule has 0 heterocycles. The minimum atomic E-state index is -0.998. The Morgan fingerprint density at radius 3 is 2.71 bits per heavy atom. The van der Waals surface area contributed by atoms with Crippen LogP contribution in [0.5, 0.6) is 0 Å². The largest absolute Gasteiger partial charge is 0.480 e. The van der Waals surface area contributed by atoms with Crippen molar-refractivity contribution in [2.75, 3.05) is 20.6 Å². The van der Waals surface area contributed by atoms with Crippen LogP contribution >= 0.6 is 0 Å². The maximum atomic E-state index is 11.1. The van der Waals surface area contributed by atoms with Gasteiger partial charge in [-0.15, -0.1) is 0 Å². The van der Waals surface area contributed by atoms with Crippen LogP contribution in [0.3, 0.4) is 0 Å². The third-order valence-corrected chi connectivity index (χ3v) is 3.11. The van der Waals surface area contributed by atoms with E-state index in [9.17, 15) is 4.79 Å². The number of nitrogens with two attached hydrogens (primary N) is 1. The van der Waals surface area contributed by atoms with Crippen molar-refractivity contribution >= 4 is 5.97 Å². The monoisotopic (exact) mass is 200 g/mol. The first-order valence-electron chi connectivity index (χ1n) is 5.14. The summed E-state index contributed by atoms with van der Waals surface area (Å²) in [6.07, 6.45) is 3.58. The SMILES string of the molecule is CN(C)C[C@H]1CCCC[C@]1(N)C(=O)O. The van der Waals surface area contributed by atoms with E-state index in [2.05, 4.69) is 0 Å². The zero-order valence-electron chi connectivity index (χ0n) is 8.99. The minimum absolute atomic E-state index is 0.0868. The van der Waals surface area contributed by atoms with E-state index in [0.29, 0.717) is 6.42 Å². The molecule has 1 fully saturated rings. The summed E-state index contributed by atoms with van der Waals surface area (Å²) in [6.45, 7) is 0.767. The van der Waals surface area contributed by atoms with Gasteiger partial charge in [-0.1, -0.05) is 12.8 Å². The van der Waals surface area contributed by atoms with Crippen LogP contribution in [0.15, 0.2) is 0 Å². The summed E-state index contributed by atoms with van der Waals surface area (Å²) in [6, 6.07) is 0. The summed E-state index contributed by atoms with van der Waals surface area (Å²) in [5.41, 5.74) is 4.97. The first kappa shape index (κ1) is 11.5. The molecule has 0 aromatic rings. The lowest BCUT2D eigenvalue weighted by atomic mass is 9.73. The summed E-state index contributed by atoms with van der Waals surface area (Å²) >= 11 is 0. The zero-order chi connectivity index (χ0) is 10.8. The summed E-state index contributed by atoms with van der Waals surface area (Å²) in [4.78, 5) is 13.1. The molecule has 0 unspecified atom stereocenters. The van der Waals surface area contributed by atoms with E-state index < -0.39 is 11.5 Å². The molecule has 0 radical (unpaired) electrons. The molecule has 3 N–H and O–H groups in total. The number of rotatable bonds is 3. The van der Waals surface area contributed by atoms with Crippen LogP contribution in [0.25, 0.3) is 0 Å². The first-order valence-corrected chi connectivity index (χ1v) is 5.14. The van der Waals surface area contributed by atoms with Crippen molar-refractivity contribution in [3.05, 3.63) is 0 Å². The van der Waals surface area contributed by atoms with Gasteiger partial charge in [-0.3, -0.25) is 4.79 Å². The quantitative estimate of drug-likeness (QED) is 0.697. The van der Waals surface area contributed by atoms with Gasteiger partial charge in [-0.25, -0.2) is 0 Å². The Hall–Kier alpha value is -0.610. The van der Waals surface area contributed by atoms with Crippen LogP contribution in [0, 0.1) is 5.92 Å². The van der Waals surface area contributed by atoms with Crippen LogP contribution < -0.4 is 5.73 Å². The van der Waals surface area contributed by atoms with Crippen LogP contribution in [-0.2, 0) is 4.79 Å². The fourth-order valence-corrected chi connectivity index (χ4v) is 2.25. The van der Waals surface area contributed by atoms with Gasteiger partial charge in [-0.05, 0) is 26.9 Å². The molecule has 0 aromatic heterocycles. The van der Waals surface area contributed by atoms with E-state index in [1.807, 2.05) is 19.0 Å². The number of carboxylic acid groups (broad SMARTS) is 1. The van der Waals surface area contributed by atoms with Gasteiger partial charge in [-0.2, -0.15) is 0 Å². The molecule has 0 aromatic carbocycles. The maximum absolute atomic E-state index is 11.1. The van der Waals surface area contributed by atoms with E-state index in [1.54, 1.807) is 0 Å². The number of carboxylic acids is 1. The lowest BCUT2D eigenvalue weighted by molar-refractivity contribution is -0.147. The second-order valence-electron chi connectivity index (χ2n) is 4.55. The van der Waals surface area contributed by atoms with Crippen molar-refractivity contribution in [2.45, 2.75) is 31.2 Å². The summed E-state index contributed by atoms with van der Waals surface area (Å²) < 4.78 is 0. The lowest BCUT2D eigenvalue weighted by Gasteiger charge is -2.38. The molecule has 4 heteroatoms. The molecule has 0 spiro atoms. The third kappa shape index (κ3) is 2.25. The minimum Gasteiger partial charge on any atom is -0.480 e. The van der Waals surface area contributed by atoms with E-state index in [0.717, 1.165) is 25.8 Å². The highest BCUT2D eigenvalue weighted by molar-refractivity contribution is 5.79. The van der Waals surface area contributed by atoms with Crippen LogP contribution in [0.2, 0.25) is 0 Å². The molecule has 1 rings (SSSR count). The molecule has 1 aliphatic carbocycles. The molecule has 82 valence electrons. The topological polar surface area (TPSA) is 66.6 Å². The second-order valence-corrected chi connectivity index (χ2v) is 4.55. The smallest absolute Gasteiger partial charge is 0.324 e. The van der Waals surface area contributed by atoms with E-state index in [4.69, 9.17) is 10.8 Å². The number of hydrogen-bond acceptors (Lipinski definition) is 3. The molecule has 0 saturated heterocycles. The van der Waals surface area contributed by atoms with Crippen molar-refractivity contribution in [1.82, 2.24) is 4.90 Å². The van der Waals surface area contributed by atoms with Crippen LogP contribution in [-0.4, -0.2) is 42.2 Å². The first-order chi connectivity index (χ1) is 6.47. The predicted molar refractivity (Wildman–Crippen MR) is 55.1 cm³/mol. The van der Waals surface area contributed by atoms with Gasteiger partial charge in [0.2, 0.25) is 0 Å². The van der Waals surface area contributed by atoms with Gasteiger partial charge in [0.1, 0.15) is 5.54 Å². The standard InChI is InChI=1S/C10H20N2O2/c1-12(2)7-8-5-3-4-6-10(8,11)9(13)14/h8H,3-7,11H2,1-2H3,(H,13,14)/t8-,10-/m1/s1. The highest BCUT2D eigenvalue weighted by atomic mass is 16.4. The third-order valence-electron chi connectivity index (χ3n) is 3.11. The van der Waals surface area contributed by atoms with Gasteiger partial charge >= 0.3 is 5.97 Å². The fraction of sp³-hybridized carbons (Fsp3) is 0.900. The molecular formula is C10H20N2O2. The Kier molecular flexibility index (Phi) is 3.50. The Morgan fingerprint density at radius 1 is 1.57 bits per heavy atom. The average Bonchev–Trinajstić information content (AvgIpc) is 2.08. The summed E-state index contributed by atoms with van der Waals surface area (Å²) in [7, 11) is 3.91.